The zero-order valence-corrected chi connectivity index (χ0v) is 23.0. The van der Waals surface area contributed by atoms with Crippen molar-refractivity contribution in [2.45, 2.75) is 51.4 Å². The zero-order chi connectivity index (χ0) is 29.6. The molecule has 0 aliphatic heterocycles. The lowest BCUT2D eigenvalue weighted by Crippen LogP contribution is -2.05. The van der Waals surface area contributed by atoms with Crippen molar-refractivity contribution in [3.8, 4) is 34.5 Å². The summed E-state index contributed by atoms with van der Waals surface area (Å²) in [4.78, 5) is 21.7. The molecule has 1 aliphatic carbocycles. The lowest BCUT2D eigenvalue weighted by atomic mass is 10.1. The fraction of sp³-hybridized carbons (Fsp3) is 0.300. The van der Waals surface area contributed by atoms with Gasteiger partial charge in [-0.15, -0.1) is 0 Å². The number of halogens is 4. The molecule has 5 aromatic rings. The summed E-state index contributed by atoms with van der Waals surface area (Å²) in [7, 11) is 1.50. The highest BCUT2D eigenvalue weighted by atomic mass is 19.4. The average Bonchev–Trinajstić information content (AvgIpc) is 3.71. The molecular weight excluding hydrogens is 552 g/mol. The summed E-state index contributed by atoms with van der Waals surface area (Å²) in [5.41, 5.74) is 1.93. The van der Waals surface area contributed by atoms with E-state index < -0.39 is 17.7 Å². The molecule has 0 amide bonds. The molecule has 3 aromatic heterocycles. The number of hydrogen-bond acceptors (Lipinski definition) is 7. The first-order chi connectivity index (χ1) is 20.1. The second-order valence-corrected chi connectivity index (χ2v) is 10.3. The summed E-state index contributed by atoms with van der Waals surface area (Å²) in [6.07, 6.45) is -0.139. The topological polar surface area (TPSA) is 87.8 Å². The molecule has 8 nitrogen and oxygen atoms in total. The normalized spacial score (nSPS) is 13.6. The zero-order valence-electron chi connectivity index (χ0n) is 23.0. The number of imidazole rings is 1. The molecule has 1 saturated carbocycles. The Kier molecular flexibility index (Phi) is 6.99. The molecule has 0 saturated heterocycles. The number of alkyl halides is 3. The lowest BCUT2D eigenvalue weighted by Gasteiger charge is -2.14. The monoisotopic (exact) mass is 578 g/mol. The number of benzene rings is 2. The van der Waals surface area contributed by atoms with Gasteiger partial charge in [-0.1, -0.05) is 30.3 Å². The van der Waals surface area contributed by atoms with Gasteiger partial charge in [-0.25, -0.2) is 24.3 Å². The van der Waals surface area contributed by atoms with Gasteiger partial charge in [0.25, 0.3) is 0 Å². The van der Waals surface area contributed by atoms with E-state index in [0.717, 1.165) is 24.7 Å². The molecule has 6 rings (SSSR count). The average molecular weight is 579 g/mol. The fourth-order valence-corrected chi connectivity index (χ4v) is 4.78. The van der Waals surface area contributed by atoms with E-state index in [4.69, 9.17) is 9.47 Å². The maximum absolute atomic E-state index is 15.0. The van der Waals surface area contributed by atoms with Crippen LogP contribution >= 0.6 is 0 Å². The van der Waals surface area contributed by atoms with Crippen LogP contribution in [0.3, 0.4) is 0 Å². The van der Waals surface area contributed by atoms with Gasteiger partial charge in [0.05, 0.1) is 23.7 Å². The van der Waals surface area contributed by atoms with E-state index in [0.29, 0.717) is 28.1 Å². The van der Waals surface area contributed by atoms with E-state index in [1.54, 1.807) is 50.2 Å². The number of nitrogens with zero attached hydrogens (tertiary/aromatic N) is 6. The predicted octanol–water partition coefficient (Wildman–Crippen LogP) is 7.15. The van der Waals surface area contributed by atoms with Crippen LogP contribution in [-0.2, 0) is 12.8 Å². The van der Waals surface area contributed by atoms with Gasteiger partial charge in [0.2, 0.25) is 11.8 Å². The molecule has 0 atom stereocenters. The highest BCUT2D eigenvalue weighted by Crippen LogP contribution is 2.45. The van der Waals surface area contributed by atoms with Crippen molar-refractivity contribution in [3.05, 3.63) is 77.8 Å². The van der Waals surface area contributed by atoms with Gasteiger partial charge in [-0.3, -0.25) is 0 Å². The molecule has 0 spiro atoms. The third-order valence-corrected chi connectivity index (χ3v) is 7.03. The lowest BCUT2D eigenvalue weighted by molar-refractivity contribution is -0.140. The number of aromatic nitrogens is 6. The van der Waals surface area contributed by atoms with Crippen molar-refractivity contribution >= 4 is 10.9 Å². The van der Waals surface area contributed by atoms with Crippen LogP contribution in [0.1, 0.15) is 55.6 Å². The first-order valence-electron chi connectivity index (χ1n) is 13.4. The van der Waals surface area contributed by atoms with Crippen LogP contribution in [0.5, 0.6) is 11.8 Å². The van der Waals surface area contributed by atoms with E-state index in [9.17, 15) is 13.2 Å². The van der Waals surface area contributed by atoms with E-state index >= 15 is 4.39 Å². The smallest absolute Gasteiger partial charge is 0.434 e. The molecule has 0 bridgehead atoms. The summed E-state index contributed by atoms with van der Waals surface area (Å²) in [6.45, 7) is 3.60. The second kappa shape index (κ2) is 10.7. The first kappa shape index (κ1) is 27.6. The molecule has 42 heavy (non-hydrogen) atoms. The molecule has 216 valence electrons. The summed E-state index contributed by atoms with van der Waals surface area (Å²) in [5, 5.41) is 0.125. The van der Waals surface area contributed by atoms with Gasteiger partial charge in [0.1, 0.15) is 30.1 Å². The largest absolute Gasteiger partial charge is 0.480 e. The molecule has 1 aliphatic rings. The molecule has 12 heteroatoms. The highest BCUT2D eigenvalue weighted by Gasteiger charge is 2.35. The van der Waals surface area contributed by atoms with Crippen LogP contribution in [0.15, 0.2) is 55.0 Å². The fourth-order valence-electron chi connectivity index (χ4n) is 4.78. The third kappa shape index (κ3) is 5.24. The summed E-state index contributed by atoms with van der Waals surface area (Å²) in [5.74, 6) is 0.532. The van der Waals surface area contributed by atoms with Crippen molar-refractivity contribution in [3.63, 3.8) is 0 Å². The van der Waals surface area contributed by atoms with Gasteiger partial charge in [-0.05, 0) is 44.4 Å². The van der Waals surface area contributed by atoms with Gasteiger partial charge in [0, 0.05) is 23.7 Å². The maximum atomic E-state index is 15.0. The molecule has 0 unspecified atom stereocenters. The van der Waals surface area contributed by atoms with Crippen LogP contribution in [0.4, 0.5) is 17.6 Å². The highest BCUT2D eigenvalue weighted by molar-refractivity contribution is 5.86. The van der Waals surface area contributed by atoms with Crippen LogP contribution in [-0.4, -0.2) is 36.6 Å². The number of methoxy groups -OCH3 is 1. The quantitative estimate of drug-likeness (QED) is 0.181. The van der Waals surface area contributed by atoms with Crippen LogP contribution < -0.4 is 9.47 Å². The Morgan fingerprint density at radius 2 is 1.74 bits per heavy atom. The Hall–Kier alpha value is -4.61. The Morgan fingerprint density at radius 1 is 0.976 bits per heavy atom. The Bertz CT molecular complexity index is 1770. The Morgan fingerprint density at radius 3 is 2.40 bits per heavy atom. The number of hydrogen-bond donors (Lipinski definition) is 0. The van der Waals surface area contributed by atoms with Crippen LogP contribution in [0, 0.1) is 5.82 Å². The summed E-state index contributed by atoms with van der Waals surface area (Å²) >= 11 is 0. The first-order valence-corrected chi connectivity index (χ1v) is 13.4. The van der Waals surface area contributed by atoms with Crippen molar-refractivity contribution in [1.82, 2.24) is 29.5 Å². The SMILES string of the molecule is COc1ncnc(C2CC2)c1-c1nc(OCc2ccc(-c3nc(C(F)(F)F)cn3C(C)C)cc2)c2c(F)cccc2n1. The van der Waals surface area contributed by atoms with Crippen molar-refractivity contribution in [2.75, 3.05) is 7.11 Å². The van der Waals surface area contributed by atoms with Crippen LogP contribution in [0.25, 0.3) is 33.7 Å². The summed E-state index contributed by atoms with van der Waals surface area (Å²) in [6, 6.07) is 11.1. The molecule has 0 N–H and O–H groups in total. The van der Waals surface area contributed by atoms with E-state index in [-0.39, 0.29) is 41.5 Å². The third-order valence-electron chi connectivity index (χ3n) is 7.03. The predicted molar refractivity (Wildman–Crippen MR) is 146 cm³/mol. The number of rotatable bonds is 8. The van der Waals surface area contributed by atoms with Gasteiger partial charge in [-0.2, -0.15) is 18.2 Å². The standard InChI is InChI=1S/C30H26F4N6O2/c1-16(2)40-13-22(30(32,33)34)38-27(40)19-9-7-17(8-10-19)14-42-29-23-20(31)5-4-6-21(23)37-26(39-29)24-25(18-11-12-18)35-15-36-28(24)41-3/h4-10,13,15-16,18H,11-12,14H2,1-3H3. The van der Waals surface area contributed by atoms with Crippen molar-refractivity contribution < 1.29 is 27.0 Å². The summed E-state index contributed by atoms with van der Waals surface area (Å²) < 4.78 is 68.0. The van der Waals surface area contributed by atoms with Gasteiger partial charge >= 0.3 is 6.18 Å². The molecule has 1 fully saturated rings. The molecule has 0 radical (unpaired) electrons. The minimum absolute atomic E-state index is 0.0183. The number of ether oxygens (including phenoxy) is 2. The van der Waals surface area contributed by atoms with E-state index in [1.165, 1.54) is 24.1 Å². The second-order valence-electron chi connectivity index (χ2n) is 10.3. The minimum Gasteiger partial charge on any atom is -0.480 e. The van der Waals surface area contributed by atoms with Gasteiger partial charge < -0.3 is 14.0 Å². The molecular formula is C30H26F4N6O2. The van der Waals surface area contributed by atoms with Crippen molar-refractivity contribution in [2.24, 2.45) is 0 Å². The number of fused-ring (bicyclic) bond motifs is 1. The van der Waals surface area contributed by atoms with Gasteiger partial charge in [0.15, 0.2) is 11.5 Å². The maximum Gasteiger partial charge on any atom is 0.434 e. The van der Waals surface area contributed by atoms with E-state index in [2.05, 4.69) is 24.9 Å². The minimum atomic E-state index is -4.55. The van der Waals surface area contributed by atoms with Crippen molar-refractivity contribution in [1.29, 1.82) is 0 Å². The Balaban J connectivity index is 1.33. The van der Waals surface area contributed by atoms with E-state index in [1.807, 2.05) is 0 Å². The van der Waals surface area contributed by atoms with Crippen LogP contribution in [0.2, 0.25) is 0 Å². The molecule has 2 aromatic carbocycles. The Labute approximate surface area is 238 Å². The molecule has 3 heterocycles.